The van der Waals surface area contributed by atoms with Crippen molar-refractivity contribution in [3.05, 3.63) is 71.8 Å². The number of carbonyl (C=O) groups is 1. The summed E-state index contributed by atoms with van der Waals surface area (Å²) in [6, 6.07) is 11.4. The summed E-state index contributed by atoms with van der Waals surface area (Å²) >= 11 is 0. The Kier molecular flexibility index (Phi) is 5.12. The molecule has 1 amide bonds. The standard InChI is InChI=1S/C19H13F6N3O/c1-28-10-14(16(27-28)18(21,22)19(23,24)25)17(29)26-15-5-3-2-4-13(15)11-6-8-12(20)9-7-11/h2-10H,1H3,(H,26,29). The molecule has 1 aromatic heterocycles. The molecule has 29 heavy (non-hydrogen) atoms. The number of carbonyl (C=O) groups excluding carboxylic acids is 1. The van der Waals surface area contributed by atoms with Crippen LogP contribution in [0.5, 0.6) is 0 Å². The molecule has 1 heterocycles. The van der Waals surface area contributed by atoms with Gasteiger partial charge >= 0.3 is 12.1 Å². The number of aryl methyl sites for hydroxylation is 1. The van der Waals surface area contributed by atoms with Crippen LogP contribution in [-0.4, -0.2) is 21.9 Å². The molecule has 1 N–H and O–H groups in total. The molecule has 0 fully saturated rings. The minimum Gasteiger partial charge on any atom is -0.321 e. The van der Waals surface area contributed by atoms with E-state index in [0.29, 0.717) is 15.8 Å². The Labute approximate surface area is 160 Å². The van der Waals surface area contributed by atoms with E-state index in [2.05, 4.69) is 10.4 Å². The molecule has 0 aliphatic heterocycles. The molecule has 0 unspecified atom stereocenters. The van der Waals surface area contributed by atoms with Crippen LogP contribution in [-0.2, 0) is 13.0 Å². The Morgan fingerprint density at radius 2 is 1.62 bits per heavy atom. The minimum atomic E-state index is -5.91. The predicted octanol–water partition coefficient (Wildman–Crippen LogP) is 5.13. The molecule has 3 aromatic rings. The average molecular weight is 413 g/mol. The second-order valence-electron chi connectivity index (χ2n) is 6.14. The maximum absolute atomic E-state index is 13.8. The van der Waals surface area contributed by atoms with Crippen molar-refractivity contribution in [3.63, 3.8) is 0 Å². The first-order chi connectivity index (χ1) is 13.5. The topological polar surface area (TPSA) is 46.9 Å². The number of amides is 1. The SMILES string of the molecule is Cn1cc(C(=O)Nc2ccccc2-c2ccc(F)cc2)c(C(F)(F)C(F)(F)F)n1. The summed E-state index contributed by atoms with van der Waals surface area (Å²) in [4.78, 5) is 12.5. The molecule has 0 bridgehead atoms. The van der Waals surface area contributed by atoms with Gasteiger partial charge in [-0.25, -0.2) is 4.39 Å². The van der Waals surface area contributed by atoms with Gasteiger partial charge in [-0.1, -0.05) is 30.3 Å². The van der Waals surface area contributed by atoms with Gasteiger partial charge in [0.1, 0.15) is 5.82 Å². The van der Waals surface area contributed by atoms with E-state index in [9.17, 15) is 31.1 Å². The van der Waals surface area contributed by atoms with Crippen LogP contribution >= 0.6 is 0 Å². The van der Waals surface area contributed by atoms with Crippen molar-refractivity contribution in [1.82, 2.24) is 9.78 Å². The lowest BCUT2D eigenvalue weighted by Gasteiger charge is -2.18. The van der Waals surface area contributed by atoms with Crippen molar-refractivity contribution < 1.29 is 31.1 Å². The molecule has 0 atom stereocenters. The highest BCUT2D eigenvalue weighted by molar-refractivity contribution is 6.07. The molecule has 0 saturated heterocycles. The highest BCUT2D eigenvalue weighted by Crippen LogP contribution is 2.44. The first-order valence-corrected chi connectivity index (χ1v) is 8.15. The second kappa shape index (κ2) is 7.26. The number of rotatable bonds is 4. The quantitative estimate of drug-likeness (QED) is 0.603. The molecular formula is C19H13F6N3O. The summed E-state index contributed by atoms with van der Waals surface area (Å²) < 4.78 is 79.7. The number of nitrogens with zero attached hydrogens (tertiary/aromatic N) is 2. The maximum atomic E-state index is 13.8. The molecule has 152 valence electrons. The molecule has 0 saturated carbocycles. The van der Waals surface area contributed by atoms with Crippen LogP contribution in [0, 0.1) is 5.82 Å². The molecular weight excluding hydrogens is 400 g/mol. The zero-order valence-corrected chi connectivity index (χ0v) is 14.8. The average Bonchev–Trinajstić information content (AvgIpc) is 3.05. The number of halogens is 6. The summed E-state index contributed by atoms with van der Waals surface area (Å²) in [7, 11) is 1.12. The van der Waals surface area contributed by atoms with E-state index in [0.717, 1.165) is 13.2 Å². The largest absolute Gasteiger partial charge is 0.459 e. The van der Waals surface area contributed by atoms with Gasteiger partial charge in [-0.15, -0.1) is 0 Å². The van der Waals surface area contributed by atoms with E-state index in [4.69, 9.17) is 0 Å². The Balaban J connectivity index is 1.98. The van der Waals surface area contributed by atoms with Crippen LogP contribution in [0.15, 0.2) is 54.7 Å². The number of nitrogens with one attached hydrogen (secondary N) is 1. The fourth-order valence-corrected chi connectivity index (χ4v) is 2.68. The fraction of sp³-hybridized carbons (Fsp3) is 0.158. The predicted molar refractivity (Wildman–Crippen MR) is 92.9 cm³/mol. The number of para-hydroxylation sites is 1. The highest BCUT2D eigenvalue weighted by atomic mass is 19.4. The number of anilines is 1. The van der Waals surface area contributed by atoms with Crippen molar-refractivity contribution in [2.24, 2.45) is 7.05 Å². The Morgan fingerprint density at radius 3 is 2.24 bits per heavy atom. The summed E-state index contributed by atoms with van der Waals surface area (Å²) in [5.41, 5.74) is -1.52. The summed E-state index contributed by atoms with van der Waals surface area (Å²) in [5.74, 6) is -6.98. The van der Waals surface area contributed by atoms with E-state index < -0.39 is 35.1 Å². The van der Waals surface area contributed by atoms with Crippen LogP contribution in [0.25, 0.3) is 11.1 Å². The van der Waals surface area contributed by atoms with Gasteiger partial charge in [0.15, 0.2) is 5.69 Å². The summed E-state index contributed by atoms with van der Waals surface area (Å²) in [5, 5.41) is 5.48. The Morgan fingerprint density at radius 1 is 1.00 bits per heavy atom. The van der Waals surface area contributed by atoms with E-state index in [1.807, 2.05) is 0 Å². The Bertz CT molecular complexity index is 1040. The smallest absolute Gasteiger partial charge is 0.321 e. The summed E-state index contributed by atoms with van der Waals surface area (Å²) in [6.07, 6.45) is -5.13. The monoisotopic (exact) mass is 413 g/mol. The van der Waals surface area contributed by atoms with E-state index in [1.54, 1.807) is 12.1 Å². The van der Waals surface area contributed by atoms with Crippen molar-refractivity contribution in [3.8, 4) is 11.1 Å². The molecule has 4 nitrogen and oxygen atoms in total. The lowest BCUT2D eigenvalue weighted by atomic mass is 10.0. The van der Waals surface area contributed by atoms with Gasteiger partial charge in [-0.05, 0) is 23.8 Å². The molecule has 0 radical (unpaired) electrons. The second-order valence-corrected chi connectivity index (χ2v) is 6.14. The lowest BCUT2D eigenvalue weighted by Crippen LogP contribution is -2.36. The van der Waals surface area contributed by atoms with Crippen LogP contribution < -0.4 is 5.32 Å². The third kappa shape index (κ3) is 3.96. The zero-order chi connectivity index (χ0) is 21.4. The van der Waals surface area contributed by atoms with Gasteiger partial charge in [0.2, 0.25) is 0 Å². The first-order valence-electron chi connectivity index (χ1n) is 8.15. The number of aromatic nitrogens is 2. The zero-order valence-electron chi connectivity index (χ0n) is 14.8. The van der Waals surface area contributed by atoms with E-state index in [1.165, 1.54) is 36.4 Å². The third-order valence-electron chi connectivity index (χ3n) is 4.06. The minimum absolute atomic E-state index is 0.147. The Hall–Kier alpha value is -3.30. The van der Waals surface area contributed by atoms with Gasteiger partial charge in [0, 0.05) is 24.5 Å². The van der Waals surface area contributed by atoms with Crippen molar-refractivity contribution in [2.45, 2.75) is 12.1 Å². The fourth-order valence-electron chi connectivity index (χ4n) is 2.68. The van der Waals surface area contributed by atoms with Gasteiger partial charge in [0.05, 0.1) is 5.56 Å². The molecule has 0 aliphatic carbocycles. The highest BCUT2D eigenvalue weighted by Gasteiger charge is 2.61. The van der Waals surface area contributed by atoms with Gasteiger partial charge in [-0.3, -0.25) is 9.48 Å². The first kappa shape index (κ1) is 20.4. The molecule has 10 heteroatoms. The van der Waals surface area contributed by atoms with Crippen LogP contribution in [0.3, 0.4) is 0 Å². The number of alkyl halides is 5. The van der Waals surface area contributed by atoms with E-state index in [-0.39, 0.29) is 5.69 Å². The van der Waals surface area contributed by atoms with Crippen molar-refractivity contribution >= 4 is 11.6 Å². The van der Waals surface area contributed by atoms with Crippen molar-refractivity contribution in [2.75, 3.05) is 5.32 Å². The molecule has 0 spiro atoms. The van der Waals surface area contributed by atoms with Gasteiger partial charge < -0.3 is 5.32 Å². The van der Waals surface area contributed by atoms with Crippen molar-refractivity contribution in [1.29, 1.82) is 0 Å². The van der Waals surface area contributed by atoms with Gasteiger partial charge in [0.25, 0.3) is 5.91 Å². The van der Waals surface area contributed by atoms with Gasteiger partial charge in [-0.2, -0.15) is 27.1 Å². The van der Waals surface area contributed by atoms with Crippen LogP contribution in [0.4, 0.5) is 32.0 Å². The maximum Gasteiger partial charge on any atom is 0.459 e. The number of benzene rings is 2. The summed E-state index contributed by atoms with van der Waals surface area (Å²) in [6.45, 7) is 0. The van der Waals surface area contributed by atoms with E-state index >= 15 is 0 Å². The molecule has 3 rings (SSSR count). The number of hydrogen-bond donors (Lipinski definition) is 1. The molecule has 0 aliphatic rings. The van der Waals surface area contributed by atoms with Crippen LogP contribution in [0.1, 0.15) is 16.1 Å². The third-order valence-corrected chi connectivity index (χ3v) is 4.06. The molecule has 2 aromatic carbocycles. The lowest BCUT2D eigenvalue weighted by molar-refractivity contribution is -0.291. The van der Waals surface area contributed by atoms with Crippen LogP contribution in [0.2, 0.25) is 0 Å². The number of hydrogen-bond acceptors (Lipinski definition) is 2. The normalized spacial score (nSPS) is 12.1.